The number of ether oxygens (including phenoxy) is 3. The minimum absolute atomic E-state index is 0.0750. The Morgan fingerprint density at radius 1 is 1.16 bits per heavy atom. The first-order chi connectivity index (χ1) is 12.3. The highest BCUT2D eigenvalue weighted by Gasteiger charge is 2.29. The van der Waals surface area contributed by atoms with Crippen molar-refractivity contribution in [1.82, 2.24) is 5.32 Å². The number of benzene rings is 2. The highest BCUT2D eigenvalue weighted by molar-refractivity contribution is 6.00. The molecule has 0 fully saturated rings. The molecule has 5 nitrogen and oxygen atoms in total. The van der Waals surface area contributed by atoms with E-state index < -0.39 is 0 Å². The van der Waals surface area contributed by atoms with E-state index >= 15 is 0 Å². The lowest BCUT2D eigenvalue weighted by atomic mass is 9.99. The minimum atomic E-state index is -0.0750. The molecule has 0 aromatic heterocycles. The largest absolute Gasteiger partial charge is 0.497 e. The minimum Gasteiger partial charge on any atom is -0.497 e. The Morgan fingerprint density at radius 3 is 2.76 bits per heavy atom. The van der Waals surface area contributed by atoms with Crippen molar-refractivity contribution in [2.75, 3.05) is 26.9 Å². The van der Waals surface area contributed by atoms with Crippen LogP contribution in [0.3, 0.4) is 0 Å². The topological polar surface area (TPSA) is 56.8 Å². The van der Waals surface area contributed by atoms with Gasteiger partial charge in [0.1, 0.15) is 17.2 Å². The average molecular weight is 339 g/mol. The second-order valence-electron chi connectivity index (χ2n) is 6.27. The summed E-state index contributed by atoms with van der Waals surface area (Å²) in [6, 6.07) is 9.91. The molecule has 5 heteroatoms. The molecule has 2 aliphatic heterocycles. The first-order valence-electron chi connectivity index (χ1n) is 8.62. The van der Waals surface area contributed by atoms with Gasteiger partial charge in [-0.1, -0.05) is 12.1 Å². The van der Waals surface area contributed by atoms with Crippen molar-refractivity contribution in [3.8, 4) is 17.2 Å². The molecule has 1 N–H and O–H groups in total. The highest BCUT2D eigenvalue weighted by Crippen LogP contribution is 2.40. The molecule has 0 saturated carbocycles. The Bertz CT molecular complexity index is 766. The monoisotopic (exact) mass is 339 g/mol. The maximum Gasteiger partial charge on any atom is 0.255 e. The number of nitrogens with one attached hydrogen (secondary N) is 1. The lowest BCUT2D eigenvalue weighted by Gasteiger charge is -2.13. The van der Waals surface area contributed by atoms with E-state index in [4.69, 9.17) is 14.2 Å². The van der Waals surface area contributed by atoms with Gasteiger partial charge >= 0.3 is 0 Å². The molecule has 1 amide bonds. The second-order valence-corrected chi connectivity index (χ2v) is 6.27. The summed E-state index contributed by atoms with van der Waals surface area (Å²) in [6.45, 7) is 1.83. The zero-order chi connectivity index (χ0) is 17.2. The van der Waals surface area contributed by atoms with Gasteiger partial charge in [0.15, 0.2) is 0 Å². The second kappa shape index (κ2) is 6.67. The third-order valence-corrected chi connectivity index (χ3v) is 4.74. The van der Waals surface area contributed by atoms with Crippen LogP contribution in [0, 0.1) is 0 Å². The van der Waals surface area contributed by atoms with Gasteiger partial charge in [-0.3, -0.25) is 4.79 Å². The van der Waals surface area contributed by atoms with E-state index in [-0.39, 0.29) is 5.91 Å². The summed E-state index contributed by atoms with van der Waals surface area (Å²) in [5.74, 6) is 2.34. The molecule has 0 bridgehead atoms. The van der Waals surface area contributed by atoms with Crippen LogP contribution in [-0.4, -0.2) is 32.8 Å². The lowest BCUT2D eigenvalue weighted by molar-refractivity contribution is 0.0950. The number of methoxy groups -OCH3 is 1. The zero-order valence-corrected chi connectivity index (χ0v) is 14.3. The van der Waals surface area contributed by atoms with Gasteiger partial charge in [-0.2, -0.15) is 0 Å². The van der Waals surface area contributed by atoms with Gasteiger partial charge in [0.05, 0.1) is 25.9 Å². The fourth-order valence-corrected chi connectivity index (χ4v) is 3.43. The predicted molar refractivity (Wildman–Crippen MR) is 93.9 cm³/mol. The molecule has 2 aromatic rings. The molecule has 2 heterocycles. The number of hydrogen-bond donors (Lipinski definition) is 1. The molecular weight excluding hydrogens is 318 g/mol. The molecule has 0 radical (unpaired) electrons. The normalized spacial score (nSPS) is 14.3. The molecule has 4 rings (SSSR count). The molecule has 0 unspecified atom stereocenters. The standard InChI is InChI=1S/C20H21NO4/c1-23-15-4-2-13(3-5-15)6-9-21-20(22)18-16-8-11-24-17(16)12-14-7-10-25-19(14)18/h2-5,12H,6-11H2,1H3,(H,21,22). The Morgan fingerprint density at radius 2 is 1.96 bits per heavy atom. The van der Waals surface area contributed by atoms with Crippen LogP contribution in [0.25, 0.3) is 0 Å². The van der Waals surface area contributed by atoms with Gasteiger partial charge < -0.3 is 19.5 Å². The van der Waals surface area contributed by atoms with Crippen molar-refractivity contribution in [2.24, 2.45) is 0 Å². The molecule has 0 saturated heterocycles. The summed E-state index contributed by atoms with van der Waals surface area (Å²) >= 11 is 0. The summed E-state index contributed by atoms with van der Waals surface area (Å²) in [5, 5.41) is 3.03. The van der Waals surface area contributed by atoms with Crippen molar-refractivity contribution in [3.05, 3.63) is 52.6 Å². The summed E-state index contributed by atoms with van der Waals surface area (Å²) in [6.07, 6.45) is 2.36. The highest BCUT2D eigenvalue weighted by atomic mass is 16.5. The number of rotatable bonds is 5. The Hall–Kier alpha value is -2.69. The summed E-state index contributed by atoms with van der Waals surface area (Å²) in [7, 11) is 1.65. The van der Waals surface area contributed by atoms with Gasteiger partial charge in [0.2, 0.25) is 0 Å². The molecule has 0 spiro atoms. The fourth-order valence-electron chi connectivity index (χ4n) is 3.43. The van der Waals surface area contributed by atoms with Crippen molar-refractivity contribution in [1.29, 1.82) is 0 Å². The summed E-state index contributed by atoms with van der Waals surface area (Å²) in [4.78, 5) is 12.8. The van der Waals surface area contributed by atoms with Crippen LogP contribution in [0.1, 0.15) is 27.0 Å². The lowest BCUT2D eigenvalue weighted by Crippen LogP contribution is -2.27. The average Bonchev–Trinajstić information content (AvgIpc) is 3.28. The number of carbonyl (C=O) groups is 1. The molecule has 0 atom stereocenters. The number of fused-ring (bicyclic) bond motifs is 2. The Labute approximate surface area is 146 Å². The van der Waals surface area contributed by atoms with Crippen LogP contribution in [-0.2, 0) is 19.3 Å². The van der Waals surface area contributed by atoms with E-state index in [2.05, 4.69) is 5.32 Å². The maximum atomic E-state index is 12.8. The summed E-state index contributed by atoms with van der Waals surface area (Å²) < 4.78 is 16.6. The van der Waals surface area contributed by atoms with Crippen molar-refractivity contribution in [3.63, 3.8) is 0 Å². The van der Waals surface area contributed by atoms with Gasteiger partial charge in [-0.15, -0.1) is 0 Å². The van der Waals surface area contributed by atoms with Gasteiger partial charge in [-0.05, 0) is 30.2 Å². The molecular formula is C20H21NO4. The fraction of sp³-hybridized carbons (Fsp3) is 0.350. The third kappa shape index (κ3) is 3.02. The van der Waals surface area contributed by atoms with Crippen LogP contribution in [0.2, 0.25) is 0 Å². The van der Waals surface area contributed by atoms with E-state index in [9.17, 15) is 4.79 Å². The van der Waals surface area contributed by atoms with Crippen LogP contribution in [0.5, 0.6) is 17.2 Å². The predicted octanol–water partition coefficient (Wildman–Crippen LogP) is 2.54. The van der Waals surface area contributed by atoms with E-state index in [1.54, 1.807) is 7.11 Å². The van der Waals surface area contributed by atoms with Gasteiger partial charge in [-0.25, -0.2) is 0 Å². The third-order valence-electron chi connectivity index (χ3n) is 4.74. The first-order valence-corrected chi connectivity index (χ1v) is 8.62. The smallest absolute Gasteiger partial charge is 0.255 e. The van der Waals surface area contributed by atoms with Crippen molar-refractivity contribution in [2.45, 2.75) is 19.3 Å². The van der Waals surface area contributed by atoms with E-state index in [1.165, 1.54) is 0 Å². The number of hydrogen-bond acceptors (Lipinski definition) is 4. The molecule has 0 aliphatic carbocycles. The number of carbonyl (C=O) groups excluding carboxylic acids is 1. The Kier molecular flexibility index (Phi) is 4.22. The van der Waals surface area contributed by atoms with Crippen molar-refractivity contribution >= 4 is 5.91 Å². The SMILES string of the molecule is COc1ccc(CCNC(=O)c2c3c(cc4c2OCC4)OCC3)cc1. The maximum absolute atomic E-state index is 12.8. The van der Waals surface area contributed by atoms with Crippen LogP contribution < -0.4 is 19.5 Å². The molecule has 25 heavy (non-hydrogen) atoms. The van der Waals surface area contributed by atoms with E-state index in [1.807, 2.05) is 30.3 Å². The van der Waals surface area contributed by atoms with Gasteiger partial charge in [0.25, 0.3) is 5.91 Å². The summed E-state index contributed by atoms with van der Waals surface area (Å²) in [5.41, 5.74) is 3.87. The van der Waals surface area contributed by atoms with Crippen LogP contribution in [0.4, 0.5) is 0 Å². The first kappa shape index (κ1) is 15.8. The van der Waals surface area contributed by atoms with Crippen molar-refractivity contribution < 1.29 is 19.0 Å². The quantitative estimate of drug-likeness (QED) is 0.909. The van der Waals surface area contributed by atoms with Crippen LogP contribution in [0.15, 0.2) is 30.3 Å². The van der Waals surface area contributed by atoms with E-state index in [0.717, 1.165) is 53.2 Å². The molecule has 130 valence electrons. The van der Waals surface area contributed by atoms with Crippen LogP contribution >= 0.6 is 0 Å². The molecule has 2 aliphatic rings. The number of amides is 1. The van der Waals surface area contributed by atoms with Gasteiger partial charge in [0, 0.05) is 30.5 Å². The Balaban J connectivity index is 1.46. The molecule has 2 aromatic carbocycles. The zero-order valence-electron chi connectivity index (χ0n) is 14.3. The van der Waals surface area contributed by atoms with E-state index in [0.29, 0.717) is 25.3 Å².